The summed E-state index contributed by atoms with van der Waals surface area (Å²) in [6.07, 6.45) is 0. The van der Waals surface area contributed by atoms with Crippen LogP contribution in [0, 0.1) is 0 Å². The van der Waals surface area contributed by atoms with Crippen molar-refractivity contribution in [2.45, 2.75) is 0 Å². The SMILES string of the molecule is O=C(COC(=O)c1ccccc1Br)c1ccc(Cl)s1. The Morgan fingerprint density at radius 1 is 1.21 bits per heavy atom. The van der Waals surface area contributed by atoms with Gasteiger partial charge in [-0.25, -0.2) is 4.79 Å². The number of halogens is 2. The Labute approximate surface area is 127 Å². The number of ketones is 1. The van der Waals surface area contributed by atoms with Gasteiger partial charge in [0.1, 0.15) is 0 Å². The standard InChI is InChI=1S/C13H8BrClO3S/c14-9-4-2-1-3-8(9)13(17)18-7-10(16)11-5-6-12(15)19-11/h1-6H,7H2. The van der Waals surface area contributed by atoms with E-state index in [4.69, 9.17) is 16.3 Å². The summed E-state index contributed by atoms with van der Waals surface area (Å²) in [7, 11) is 0. The van der Waals surface area contributed by atoms with Crippen molar-refractivity contribution in [1.29, 1.82) is 0 Å². The van der Waals surface area contributed by atoms with Crippen LogP contribution in [0.25, 0.3) is 0 Å². The number of carbonyl (C=O) groups excluding carboxylic acids is 2. The largest absolute Gasteiger partial charge is 0.454 e. The van der Waals surface area contributed by atoms with E-state index in [1.54, 1.807) is 36.4 Å². The van der Waals surface area contributed by atoms with E-state index in [1.807, 2.05) is 0 Å². The van der Waals surface area contributed by atoms with Gasteiger partial charge in [-0.3, -0.25) is 4.79 Å². The van der Waals surface area contributed by atoms with Gasteiger partial charge in [0.2, 0.25) is 5.78 Å². The highest BCUT2D eigenvalue weighted by atomic mass is 79.9. The molecule has 0 bridgehead atoms. The van der Waals surface area contributed by atoms with Gasteiger partial charge >= 0.3 is 5.97 Å². The molecule has 0 atom stereocenters. The fraction of sp³-hybridized carbons (Fsp3) is 0.0769. The first kappa shape index (κ1) is 14.2. The van der Waals surface area contributed by atoms with Gasteiger partial charge in [-0.1, -0.05) is 23.7 Å². The predicted octanol–water partition coefficient (Wildman–Crippen LogP) is 4.20. The van der Waals surface area contributed by atoms with Gasteiger partial charge < -0.3 is 4.74 Å². The second kappa shape index (κ2) is 6.32. The van der Waals surface area contributed by atoms with Crippen LogP contribution < -0.4 is 0 Å². The normalized spacial score (nSPS) is 10.2. The van der Waals surface area contributed by atoms with Gasteiger partial charge in [0.15, 0.2) is 6.61 Å². The molecule has 0 spiro atoms. The molecule has 2 aromatic rings. The van der Waals surface area contributed by atoms with Gasteiger partial charge in [0.05, 0.1) is 14.8 Å². The van der Waals surface area contributed by atoms with Gasteiger partial charge in [-0.2, -0.15) is 0 Å². The fourth-order valence-corrected chi connectivity index (χ4v) is 2.78. The van der Waals surface area contributed by atoms with Crippen LogP contribution in [0.3, 0.4) is 0 Å². The fourth-order valence-electron chi connectivity index (χ4n) is 1.37. The summed E-state index contributed by atoms with van der Waals surface area (Å²) in [5.74, 6) is -0.805. The molecule has 0 saturated carbocycles. The molecule has 98 valence electrons. The zero-order chi connectivity index (χ0) is 13.8. The van der Waals surface area contributed by atoms with Crippen LogP contribution in [0.4, 0.5) is 0 Å². The van der Waals surface area contributed by atoms with Gasteiger partial charge in [0, 0.05) is 4.47 Å². The maximum Gasteiger partial charge on any atom is 0.339 e. The lowest BCUT2D eigenvalue weighted by Crippen LogP contribution is -2.13. The average molecular weight is 360 g/mol. The topological polar surface area (TPSA) is 43.4 Å². The van der Waals surface area contributed by atoms with Crippen molar-refractivity contribution < 1.29 is 14.3 Å². The van der Waals surface area contributed by atoms with Crippen LogP contribution >= 0.6 is 38.9 Å². The molecular weight excluding hydrogens is 352 g/mol. The maximum absolute atomic E-state index is 11.8. The molecule has 6 heteroatoms. The van der Waals surface area contributed by atoms with Crippen molar-refractivity contribution in [3.05, 3.63) is 55.6 Å². The van der Waals surface area contributed by atoms with Crippen molar-refractivity contribution >= 4 is 50.6 Å². The average Bonchev–Trinajstić information content (AvgIpc) is 2.83. The molecule has 19 heavy (non-hydrogen) atoms. The Kier molecular flexibility index (Phi) is 4.74. The second-order valence-electron chi connectivity index (χ2n) is 3.58. The van der Waals surface area contributed by atoms with E-state index in [9.17, 15) is 9.59 Å². The molecule has 0 fully saturated rings. The maximum atomic E-state index is 11.8. The summed E-state index contributed by atoms with van der Waals surface area (Å²) in [5.41, 5.74) is 0.388. The highest BCUT2D eigenvalue weighted by Gasteiger charge is 2.15. The molecular formula is C13H8BrClO3S. The van der Waals surface area contributed by atoms with Gasteiger partial charge in [-0.15, -0.1) is 11.3 Å². The molecule has 0 aliphatic carbocycles. The van der Waals surface area contributed by atoms with Crippen LogP contribution in [0.15, 0.2) is 40.9 Å². The van der Waals surface area contributed by atoms with E-state index < -0.39 is 5.97 Å². The van der Waals surface area contributed by atoms with E-state index in [0.717, 1.165) is 11.3 Å². The third-order valence-corrected chi connectivity index (χ3v) is 4.24. The smallest absolute Gasteiger partial charge is 0.339 e. The minimum Gasteiger partial charge on any atom is -0.454 e. The minimum absolute atomic E-state index is 0.266. The quantitative estimate of drug-likeness (QED) is 0.607. The van der Waals surface area contributed by atoms with Crippen LogP contribution in [0.1, 0.15) is 20.0 Å². The minimum atomic E-state index is -0.538. The highest BCUT2D eigenvalue weighted by Crippen LogP contribution is 2.22. The van der Waals surface area contributed by atoms with Gasteiger partial charge in [-0.05, 0) is 40.2 Å². The van der Waals surface area contributed by atoms with E-state index in [0.29, 0.717) is 19.2 Å². The van der Waals surface area contributed by atoms with Crippen molar-refractivity contribution in [2.24, 2.45) is 0 Å². The lowest BCUT2D eigenvalue weighted by atomic mass is 10.2. The molecule has 3 nitrogen and oxygen atoms in total. The zero-order valence-corrected chi connectivity index (χ0v) is 12.7. The van der Waals surface area contributed by atoms with Crippen molar-refractivity contribution in [3.63, 3.8) is 0 Å². The first-order valence-corrected chi connectivity index (χ1v) is 7.27. The van der Waals surface area contributed by atoms with E-state index in [2.05, 4.69) is 15.9 Å². The number of esters is 1. The van der Waals surface area contributed by atoms with E-state index >= 15 is 0 Å². The number of carbonyl (C=O) groups is 2. The predicted molar refractivity (Wildman–Crippen MR) is 78.1 cm³/mol. The number of benzene rings is 1. The highest BCUT2D eigenvalue weighted by molar-refractivity contribution is 9.10. The summed E-state index contributed by atoms with van der Waals surface area (Å²) in [5, 5.41) is 0. The van der Waals surface area contributed by atoms with E-state index in [1.165, 1.54) is 0 Å². The molecule has 0 aliphatic heterocycles. The molecule has 1 aromatic carbocycles. The molecule has 2 rings (SSSR count). The summed E-state index contributed by atoms with van der Waals surface area (Å²) < 4.78 is 6.14. The molecule has 1 heterocycles. The Morgan fingerprint density at radius 3 is 2.58 bits per heavy atom. The molecule has 0 unspecified atom stereocenters. The Bertz CT molecular complexity index is 624. The summed E-state index contributed by atoms with van der Waals surface area (Å²) in [6.45, 7) is -0.295. The first-order valence-electron chi connectivity index (χ1n) is 5.28. The van der Waals surface area contributed by atoms with Crippen molar-refractivity contribution in [1.82, 2.24) is 0 Å². The number of rotatable bonds is 4. The van der Waals surface area contributed by atoms with Crippen LogP contribution in [-0.2, 0) is 4.74 Å². The molecule has 0 radical (unpaired) electrons. The Balaban J connectivity index is 1.98. The molecule has 0 amide bonds. The Hall–Kier alpha value is -1.17. The molecule has 0 aliphatic rings. The van der Waals surface area contributed by atoms with Gasteiger partial charge in [0.25, 0.3) is 0 Å². The molecule has 0 N–H and O–H groups in total. The monoisotopic (exact) mass is 358 g/mol. The molecule has 0 saturated heterocycles. The zero-order valence-electron chi connectivity index (χ0n) is 9.56. The number of ether oxygens (including phenoxy) is 1. The number of thiophene rings is 1. The van der Waals surface area contributed by atoms with Crippen LogP contribution in [0.2, 0.25) is 4.34 Å². The van der Waals surface area contributed by atoms with Crippen LogP contribution in [0.5, 0.6) is 0 Å². The number of Topliss-reactive ketones (excluding diaryl/α,β-unsaturated/α-hetero) is 1. The van der Waals surface area contributed by atoms with Crippen molar-refractivity contribution in [2.75, 3.05) is 6.61 Å². The first-order chi connectivity index (χ1) is 9.08. The third kappa shape index (κ3) is 3.65. The van der Waals surface area contributed by atoms with Crippen LogP contribution in [-0.4, -0.2) is 18.4 Å². The van der Waals surface area contributed by atoms with E-state index in [-0.39, 0.29) is 12.4 Å². The second-order valence-corrected chi connectivity index (χ2v) is 6.15. The summed E-state index contributed by atoms with van der Waals surface area (Å²) in [6, 6.07) is 10.1. The number of hydrogen-bond acceptors (Lipinski definition) is 4. The lowest BCUT2D eigenvalue weighted by molar-refractivity contribution is 0.0475. The summed E-state index contributed by atoms with van der Waals surface area (Å²) >= 11 is 10.1. The molecule has 1 aromatic heterocycles. The number of hydrogen-bond donors (Lipinski definition) is 0. The summed E-state index contributed by atoms with van der Waals surface area (Å²) in [4.78, 5) is 24.0. The third-order valence-electron chi connectivity index (χ3n) is 2.28. The van der Waals surface area contributed by atoms with Crippen molar-refractivity contribution in [3.8, 4) is 0 Å². The Morgan fingerprint density at radius 2 is 1.95 bits per heavy atom. The lowest BCUT2D eigenvalue weighted by Gasteiger charge is -2.04.